The molecule has 1 atom stereocenters. The Morgan fingerprint density at radius 1 is 1.10 bits per heavy atom. The first-order chi connectivity index (χ1) is 14.7. The standard InChI is InChI=1S/C24H26N4O2/c25-20(14-18-15-27-21-12-5-4-11-19(18)21)24-28-22(16-30-24)23(29)26-13-7-6-10-17-8-2-1-3-9-17/h1-5,8-9,11-12,15-16,20,27H,6-7,10,13-14,25H2,(H,26,29). The highest BCUT2D eigenvalue weighted by molar-refractivity contribution is 5.91. The SMILES string of the molecule is NC(Cc1c[nH]c2ccccc12)c1nc(C(=O)NCCCCc2ccccc2)co1. The lowest BCUT2D eigenvalue weighted by Gasteiger charge is -2.06. The fourth-order valence-corrected chi connectivity index (χ4v) is 3.58. The molecule has 2 heterocycles. The van der Waals surface area contributed by atoms with Gasteiger partial charge in [0.1, 0.15) is 6.26 Å². The number of nitrogens with one attached hydrogen (secondary N) is 2. The number of amides is 1. The van der Waals surface area contributed by atoms with E-state index in [0.717, 1.165) is 35.7 Å². The zero-order valence-corrected chi connectivity index (χ0v) is 16.8. The molecule has 6 nitrogen and oxygen atoms in total. The summed E-state index contributed by atoms with van der Waals surface area (Å²) in [5.74, 6) is 0.138. The van der Waals surface area contributed by atoms with Crippen LogP contribution in [0.25, 0.3) is 10.9 Å². The maximum Gasteiger partial charge on any atom is 0.273 e. The van der Waals surface area contributed by atoms with Crippen LogP contribution in [0.4, 0.5) is 0 Å². The fraction of sp³-hybridized carbons (Fsp3) is 0.250. The summed E-state index contributed by atoms with van der Waals surface area (Å²) in [5, 5.41) is 4.03. The van der Waals surface area contributed by atoms with Crippen LogP contribution in [0.2, 0.25) is 0 Å². The van der Waals surface area contributed by atoms with Crippen LogP contribution in [-0.2, 0) is 12.8 Å². The largest absolute Gasteiger partial charge is 0.446 e. The number of nitrogens with zero attached hydrogens (tertiary/aromatic N) is 1. The van der Waals surface area contributed by atoms with Crippen molar-refractivity contribution in [1.29, 1.82) is 0 Å². The Labute approximate surface area is 175 Å². The molecule has 0 aliphatic rings. The molecule has 0 aliphatic heterocycles. The Morgan fingerprint density at radius 2 is 1.90 bits per heavy atom. The van der Waals surface area contributed by atoms with Gasteiger partial charge in [0.2, 0.25) is 5.89 Å². The molecule has 4 aromatic rings. The minimum Gasteiger partial charge on any atom is -0.446 e. The molecular weight excluding hydrogens is 376 g/mol. The van der Waals surface area contributed by atoms with Gasteiger partial charge in [-0.3, -0.25) is 4.79 Å². The topological polar surface area (TPSA) is 96.9 Å². The molecule has 0 spiro atoms. The van der Waals surface area contributed by atoms with Crippen LogP contribution in [0, 0.1) is 0 Å². The van der Waals surface area contributed by atoms with Crippen molar-refractivity contribution in [2.24, 2.45) is 5.73 Å². The van der Waals surface area contributed by atoms with Crippen molar-refractivity contribution in [3.05, 3.63) is 89.8 Å². The molecule has 1 unspecified atom stereocenters. The first-order valence-corrected chi connectivity index (χ1v) is 10.3. The molecule has 2 aromatic heterocycles. The van der Waals surface area contributed by atoms with Gasteiger partial charge in [-0.15, -0.1) is 0 Å². The number of H-pyrrole nitrogens is 1. The molecule has 0 saturated heterocycles. The first-order valence-electron chi connectivity index (χ1n) is 10.3. The molecule has 0 radical (unpaired) electrons. The van der Waals surface area contributed by atoms with Crippen molar-refractivity contribution in [3.63, 3.8) is 0 Å². The quantitative estimate of drug-likeness (QED) is 0.366. The van der Waals surface area contributed by atoms with Crippen LogP contribution >= 0.6 is 0 Å². The third-order valence-corrected chi connectivity index (χ3v) is 5.21. The summed E-state index contributed by atoms with van der Waals surface area (Å²) in [5.41, 5.74) is 10.0. The highest BCUT2D eigenvalue weighted by Crippen LogP contribution is 2.23. The second kappa shape index (κ2) is 9.41. The number of oxazole rings is 1. The smallest absolute Gasteiger partial charge is 0.273 e. The van der Waals surface area contributed by atoms with Crippen molar-refractivity contribution >= 4 is 16.8 Å². The summed E-state index contributed by atoms with van der Waals surface area (Å²) in [4.78, 5) is 19.9. The average molecular weight is 402 g/mol. The second-order valence-corrected chi connectivity index (χ2v) is 7.44. The lowest BCUT2D eigenvalue weighted by molar-refractivity contribution is 0.0948. The minimum absolute atomic E-state index is 0.232. The van der Waals surface area contributed by atoms with E-state index >= 15 is 0 Å². The Kier molecular flexibility index (Phi) is 6.25. The van der Waals surface area contributed by atoms with Gasteiger partial charge in [-0.25, -0.2) is 4.98 Å². The van der Waals surface area contributed by atoms with Gasteiger partial charge < -0.3 is 20.5 Å². The van der Waals surface area contributed by atoms with Crippen molar-refractivity contribution < 1.29 is 9.21 Å². The monoisotopic (exact) mass is 402 g/mol. The van der Waals surface area contributed by atoms with Crippen molar-refractivity contribution in [3.8, 4) is 0 Å². The fourth-order valence-electron chi connectivity index (χ4n) is 3.58. The predicted octanol–water partition coefficient (Wildman–Crippen LogP) is 4.15. The van der Waals surface area contributed by atoms with E-state index in [1.54, 1.807) is 0 Å². The molecule has 4 rings (SSSR count). The van der Waals surface area contributed by atoms with Gasteiger partial charge in [-0.1, -0.05) is 48.5 Å². The summed E-state index contributed by atoms with van der Waals surface area (Å²) in [6.45, 7) is 0.606. The number of carbonyl (C=O) groups excluding carboxylic acids is 1. The van der Waals surface area contributed by atoms with Crippen molar-refractivity contribution in [2.45, 2.75) is 31.7 Å². The van der Waals surface area contributed by atoms with Crippen LogP contribution in [-0.4, -0.2) is 22.4 Å². The molecule has 1 amide bonds. The number of hydrogen-bond acceptors (Lipinski definition) is 4. The number of hydrogen-bond donors (Lipinski definition) is 3. The molecule has 0 aliphatic carbocycles. The number of fused-ring (bicyclic) bond motifs is 1. The van der Waals surface area contributed by atoms with E-state index in [9.17, 15) is 4.79 Å². The maximum absolute atomic E-state index is 12.3. The van der Waals surface area contributed by atoms with Crippen LogP contribution in [0.5, 0.6) is 0 Å². The van der Waals surface area contributed by atoms with E-state index in [1.165, 1.54) is 11.8 Å². The van der Waals surface area contributed by atoms with Crippen LogP contribution < -0.4 is 11.1 Å². The summed E-state index contributed by atoms with van der Waals surface area (Å²) in [6.07, 6.45) is 6.84. The number of aryl methyl sites for hydroxylation is 1. The Hall–Kier alpha value is -3.38. The zero-order chi connectivity index (χ0) is 20.8. The van der Waals surface area contributed by atoms with E-state index < -0.39 is 6.04 Å². The van der Waals surface area contributed by atoms with Gasteiger partial charge in [-0.2, -0.15) is 0 Å². The van der Waals surface area contributed by atoms with Gasteiger partial charge in [0.25, 0.3) is 5.91 Å². The van der Waals surface area contributed by atoms with Gasteiger partial charge in [-0.05, 0) is 42.9 Å². The molecule has 0 bridgehead atoms. The average Bonchev–Trinajstić information content (AvgIpc) is 3.42. The van der Waals surface area contributed by atoms with E-state index in [1.807, 2.05) is 42.6 Å². The van der Waals surface area contributed by atoms with Crippen molar-refractivity contribution in [1.82, 2.24) is 15.3 Å². The second-order valence-electron chi connectivity index (χ2n) is 7.44. The lowest BCUT2D eigenvalue weighted by Crippen LogP contribution is -2.25. The van der Waals surface area contributed by atoms with Crippen LogP contribution in [0.3, 0.4) is 0 Å². The predicted molar refractivity (Wildman–Crippen MR) is 117 cm³/mol. The summed E-state index contributed by atoms with van der Waals surface area (Å²) in [7, 11) is 0. The molecule has 6 heteroatoms. The third-order valence-electron chi connectivity index (χ3n) is 5.21. The lowest BCUT2D eigenvalue weighted by atomic mass is 10.1. The molecule has 0 saturated carbocycles. The summed E-state index contributed by atoms with van der Waals surface area (Å²) >= 11 is 0. The number of carbonyl (C=O) groups is 1. The van der Waals surface area contributed by atoms with E-state index in [-0.39, 0.29) is 11.6 Å². The van der Waals surface area contributed by atoms with Gasteiger partial charge in [0.05, 0.1) is 6.04 Å². The molecule has 0 fully saturated rings. The number of para-hydroxylation sites is 1. The maximum atomic E-state index is 12.3. The molecule has 2 aromatic carbocycles. The van der Waals surface area contributed by atoms with E-state index in [2.05, 4.69) is 33.5 Å². The summed E-state index contributed by atoms with van der Waals surface area (Å²) < 4.78 is 5.49. The molecule has 154 valence electrons. The number of benzene rings is 2. The number of rotatable bonds is 9. The Balaban J connectivity index is 1.26. The molecule has 4 N–H and O–H groups in total. The van der Waals surface area contributed by atoms with Gasteiger partial charge in [0, 0.05) is 23.6 Å². The Morgan fingerprint density at radius 3 is 2.77 bits per heavy atom. The molecular formula is C24H26N4O2. The number of nitrogens with two attached hydrogens (primary N) is 1. The Bertz CT molecular complexity index is 1100. The van der Waals surface area contributed by atoms with E-state index in [0.29, 0.717) is 18.9 Å². The number of aromatic nitrogens is 2. The number of aromatic amines is 1. The van der Waals surface area contributed by atoms with Gasteiger partial charge >= 0.3 is 0 Å². The highest BCUT2D eigenvalue weighted by Gasteiger charge is 2.18. The third kappa shape index (κ3) is 4.78. The van der Waals surface area contributed by atoms with Crippen LogP contribution in [0.1, 0.15) is 46.4 Å². The van der Waals surface area contributed by atoms with Crippen molar-refractivity contribution in [2.75, 3.05) is 6.54 Å². The number of unbranched alkanes of at least 4 members (excludes halogenated alkanes) is 1. The normalized spacial score (nSPS) is 12.2. The van der Waals surface area contributed by atoms with E-state index in [4.69, 9.17) is 10.2 Å². The highest BCUT2D eigenvalue weighted by atomic mass is 16.3. The van der Waals surface area contributed by atoms with Gasteiger partial charge in [0.15, 0.2) is 5.69 Å². The van der Waals surface area contributed by atoms with Crippen LogP contribution in [0.15, 0.2) is 71.5 Å². The molecule has 30 heavy (non-hydrogen) atoms. The zero-order valence-electron chi connectivity index (χ0n) is 16.8. The first kappa shape index (κ1) is 19.9. The minimum atomic E-state index is -0.420. The summed E-state index contributed by atoms with van der Waals surface area (Å²) in [6, 6.07) is 18.0.